The van der Waals surface area contributed by atoms with Crippen molar-refractivity contribution in [1.82, 2.24) is 4.31 Å². The van der Waals surface area contributed by atoms with E-state index in [-0.39, 0.29) is 25.3 Å². The Kier molecular flexibility index (Phi) is 4.75. The van der Waals surface area contributed by atoms with Gasteiger partial charge < -0.3 is 9.84 Å². The molecule has 1 aromatic carbocycles. The zero-order valence-electron chi connectivity index (χ0n) is 11.8. The molecular formula is C13H17BrFNO4S. The van der Waals surface area contributed by atoms with E-state index in [1.165, 1.54) is 16.4 Å². The van der Waals surface area contributed by atoms with Gasteiger partial charge in [0.2, 0.25) is 10.0 Å². The first-order valence-corrected chi connectivity index (χ1v) is 8.63. The van der Waals surface area contributed by atoms with Crippen molar-refractivity contribution in [3.63, 3.8) is 0 Å². The third-order valence-corrected chi connectivity index (χ3v) is 5.95. The Morgan fingerprint density at radius 1 is 1.48 bits per heavy atom. The normalized spacial score (nSPS) is 19.7. The van der Waals surface area contributed by atoms with Gasteiger partial charge in [-0.15, -0.1) is 0 Å². The summed E-state index contributed by atoms with van der Waals surface area (Å²) in [4.78, 5) is -0.434. The maximum atomic E-state index is 14.3. The second-order valence-electron chi connectivity index (χ2n) is 5.48. The summed E-state index contributed by atoms with van der Waals surface area (Å²) in [7, 11) is -4.02. The van der Waals surface area contributed by atoms with Crippen LogP contribution in [0.2, 0.25) is 0 Å². The number of hydrogen-bond donors (Lipinski definition) is 1. The van der Waals surface area contributed by atoms with Crippen LogP contribution in [-0.2, 0) is 21.4 Å². The van der Waals surface area contributed by atoms with Crippen LogP contribution in [0.15, 0.2) is 21.5 Å². The summed E-state index contributed by atoms with van der Waals surface area (Å²) >= 11 is 3.15. The van der Waals surface area contributed by atoms with Gasteiger partial charge in [0.1, 0.15) is 10.7 Å². The number of rotatable bonds is 3. The predicted octanol–water partition coefficient (Wildman–Crippen LogP) is 1.88. The Balaban J connectivity index is 2.56. The molecule has 0 saturated carbocycles. The standard InChI is InChI=1S/C13H17BrFNO4S/c1-13(2)8-20-4-3-16(13)21(18,19)11-6-10(14)5-9(7-17)12(11)15/h5-6,17H,3-4,7-8H2,1-2H3. The fraction of sp³-hybridized carbons (Fsp3) is 0.538. The molecule has 1 fully saturated rings. The van der Waals surface area contributed by atoms with Gasteiger partial charge in [-0.05, 0) is 26.0 Å². The van der Waals surface area contributed by atoms with Gasteiger partial charge in [0, 0.05) is 16.6 Å². The molecule has 1 N–H and O–H groups in total. The fourth-order valence-electron chi connectivity index (χ4n) is 2.33. The monoisotopic (exact) mass is 381 g/mol. The van der Waals surface area contributed by atoms with Crippen molar-refractivity contribution in [2.45, 2.75) is 30.9 Å². The van der Waals surface area contributed by atoms with E-state index in [0.717, 1.165) is 0 Å². The van der Waals surface area contributed by atoms with Gasteiger partial charge in [-0.3, -0.25) is 0 Å². The van der Waals surface area contributed by atoms with Crippen molar-refractivity contribution in [2.75, 3.05) is 19.8 Å². The quantitative estimate of drug-likeness (QED) is 0.867. The third-order valence-electron chi connectivity index (χ3n) is 3.39. The number of nitrogens with zero attached hydrogens (tertiary/aromatic N) is 1. The van der Waals surface area contributed by atoms with Gasteiger partial charge in [-0.25, -0.2) is 12.8 Å². The zero-order chi connectivity index (χ0) is 15.8. The SMILES string of the molecule is CC1(C)COCCN1S(=O)(=O)c1cc(Br)cc(CO)c1F. The van der Waals surface area contributed by atoms with Crippen molar-refractivity contribution in [3.05, 3.63) is 28.0 Å². The Morgan fingerprint density at radius 2 is 2.14 bits per heavy atom. The van der Waals surface area contributed by atoms with Gasteiger partial charge in [-0.1, -0.05) is 15.9 Å². The van der Waals surface area contributed by atoms with Gasteiger partial charge in [0.25, 0.3) is 0 Å². The van der Waals surface area contributed by atoms with Gasteiger partial charge in [0.15, 0.2) is 0 Å². The molecule has 0 unspecified atom stereocenters. The predicted molar refractivity (Wildman–Crippen MR) is 78.8 cm³/mol. The lowest BCUT2D eigenvalue weighted by Crippen LogP contribution is -2.55. The minimum absolute atomic E-state index is 0.0611. The molecule has 0 radical (unpaired) electrons. The van der Waals surface area contributed by atoms with Crippen LogP contribution < -0.4 is 0 Å². The minimum atomic E-state index is -4.02. The second-order valence-corrected chi connectivity index (χ2v) is 8.22. The number of aliphatic hydroxyl groups is 1. The average molecular weight is 382 g/mol. The summed E-state index contributed by atoms with van der Waals surface area (Å²) in [6.45, 7) is 3.56. The number of morpholine rings is 1. The number of benzene rings is 1. The van der Waals surface area contributed by atoms with Crippen molar-refractivity contribution in [2.24, 2.45) is 0 Å². The molecule has 21 heavy (non-hydrogen) atoms. The Bertz CT molecular complexity index is 648. The summed E-state index contributed by atoms with van der Waals surface area (Å²) < 4.78 is 46.8. The second kappa shape index (κ2) is 5.92. The van der Waals surface area contributed by atoms with E-state index in [1.807, 2.05) is 0 Å². The highest BCUT2D eigenvalue weighted by molar-refractivity contribution is 9.10. The van der Waals surface area contributed by atoms with Crippen molar-refractivity contribution >= 4 is 26.0 Å². The number of aliphatic hydroxyl groups excluding tert-OH is 1. The minimum Gasteiger partial charge on any atom is -0.392 e. The molecule has 0 aromatic heterocycles. The Labute approximate surface area is 131 Å². The van der Waals surface area contributed by atoms with E-state index < -0.39 is 32.9 Å². The maximum absolute atomic E-state index is 14.3. The number of halogens is 2. The van der Waals surface area contributed by atoms with Gasteiger partial charge >= 0.3 is 0 Å². The molecule has 1 aliphatic heterocycles. The third kappa shape index (κ3) is 3.14. The van der Waals surface area contributed by atoms with Crippen molar-refractivity contribution < 1.29 is 22.7 Å². The van der Waals surface area contributed by atoms with Crippen LogP contribution in [0.1, 0.15) is 19.4 Å². The summed E-state index contributed by atoms with van der Waals surface area (Å²) in [5.41, 5.74) is -0.820. The summed E-state index contributed by atoms with van der Waals surface area (Å²) in [6.07, 6.45) is 0. The first-order chi connectivity index (χ1) is 9.70. The van der Waals surface area contributed by atoms with E-state index in [9.17, 15) is 12.8 Å². The molecule has 0 spiro atoms. The molecule has 0 bridgehead atoms. The highest BCUT2D eigenvalue weighted by atomic mass is 79.9. The van der Waals surface area contributed by atoms with Crippen LogP contribution in [0.25, 0.3) is 0 Å². The fourth-order valence-corrected chi connectivity index (χ4v) is 4.88. The van der Waals surface area contributed by atoms with E-state index in [4.69, 9.17) is 9.84 Å². The molecule has 5 nitrogen and oxygen atoms in total. The Morgan fingerprint density at radius 3 is 2.71 bits per heavy atom. The molecule has 2 rings (SSSR count). The summed E-state index contributed by atoms with van der Waals surface area (Å²) in [6, 6.07) is 2.58. The Hall–Kier alpha value is -0.540. The van der Waals surface area contributed by atoms with Crippen LogP contribution in [0.3, 0.4) is 0 Å². The smallest absolute Gasteiger partial charge is 0.246 e. The number of ether oxygens (including phenoxy) is 1. The molecule has 1 saturated heterocycles. The van der Waals surface area contributed by atoms with Gasteiger partial charge in [0.05, 0.1) is 25.4 Å². The molecule has 1 aromatic rings. The number of hydrogen-bond acceptors (Lipinski definition) is 4. The van der Waals surface area contributed by atoms with Gasteiger partial charge in [-0.2, -0.15) is 4.31 Å². The lowest BCUT2D eigenvalue weighted by atomic mass is 10.1. The topological polar surface area (TPSA) is 66.8 Å². The molecule has 0 aliphatic carbocycles. The van der Waals surface area contributed by atoms with Crippen LogP contribution >= 0.6 is 15.9 Å². The van der Waals surface area contributed by atoms with Crippen molar-refractivity contribution in [1.29, 1.82) is 0 Å². The molecule has 0 atom stereocenters. The summed E-state index contributed by atoms with van der Waals surface area (Å²) in [5.74, 6) is -0.914. The van der Waals surface area contributed by atoms with Crippen molar-refractivity contribution in [3.8, 4) is 0 Å². The highest BCUT2D eigenvalue weighted by Gasteiger charge is 2.41. The lowest BCUT2D eigenvalue weighted by molar-refractivity contribution is -0.00780. The first-order valence-electron chi connectivity index (χ1n) is 6.39. The first kappa shape index (κ1) is 16.8. The molecule has 118 valence electrons. The zero-order valence-corrected chi connectivity index (χ0v) is 14.2. The van der Waals surface area contributed by atoms with Crippen LogP contribution in [0.5, 0.6) is 0 Å². The molecule has 8 heteroatoms. The highest BCUT2D eigenvalue weighted by Crippen LogP contribution is 2.31. The van der Waals surface area contributed by atoms with E-state index in [2.05, 4.69) is 15.9 Å². The molecular weight excluding hydrogens is 365 g/mol. The van der Waals surface area contributed by atoms with Crippen LogP contribution in [0, 0.1) is 5.82 Å². The average Bonchev–Trinajstić information content (AvgIpc) is 2.40. The molecule has 1 aliphatic rings. The van der Waals surface area contributed by atoms with E-state index in [1.54, 1.807) is 13.8 Å². The van der Waals surface area contributed by atoms with E-state index >= 15 is 0 Å². The number of sulfonamides is 1. The maximum Gasteiger partial charge on any atom is 0.246 e. The summed E-state index contributed by atoms with van der Waals surface area (Å²) in [5, 5.41) is 9.16. The molecule has 0 amide bonds. The van der Waals surface area contributed by atoms with E-state index in [0.29, 0.717) is 4.47 Å². The van der Waals surface area contributed by atoms with Crippen LogP contribution in [-0.4, -0.2) is 43.1 Å². The molecule has 1 heterocycles. The lowest BCUT2D eigenvalue weighted by Gasteiger charge is -2.40. The largest absolute Gasteiger partial charge is 0.392 e. The van der Waals surface area contributed by atoms with Crippen LogP contribution in [0.4, 0.5) is 4.39 Å².